The summed E-state index contributed by atoms with van der Waals surface area (Å²) in [6.45, 7) is 6.47. The monoisotopic (exact) mass is 383 g/mol. The van der Waals surface area contributed by atoms with Crippen molar-refractivity contribution < 1.29 is 4.79 Å². The van der Waals surface area contributed by atoms with Gasteiger partial charge in [-0.1, -0.05) is 25.4 Å². The van der Waals surface area contributed by atoms with Crippen molar-refractivity contribution in [2.45, 2.75) is 46.6 Å². The Morgan fingerprint density at radius 1 is 1.07 bits per heavy atom. The molecule has 0 aliphatic rings. The number of pyridine rings is 3. The van der Waals surface area contributed by atoms with Gasteiger partial charge in [-0.2, -0.15) is 0 Å². The van der Waals surface area contributed by atoms with Crippen molar-refractivity contribution in [2.24, 2.45) is 0 Å². The fraction of sp³-hybridized carbons (Fsp3) is 0.333. The summed E-state index contributed by atoms with van der Waals surface area (Å²) in [5.74, 6) is 0.0212. The number of aromatic nitrogens is 3. The molecule has 0 amide bonds. The smallest absolute Gasteiger partial charge is 0.258 e. The first-order chi connectivity index (χ1) is 13.0. The predicted molar refractivity (Wildman–Crippen MR) is 109 cm³/mol. The van der Waals surface area contributed by atoms with Gasteiger partial charge in [0.2, 0.25) is 0 Å². The van der Waals surface area contributed by atoms with Crippen LogP contribution in [0.1, 0.15) is 49.2 Å². The maximum absolute atomic E-state index is 13.2. The van der Waals surface area contributed by atoms with E-state index in [9.17, 15) is 9.59 Å². The van der Waals surface area contributed by atoms with Crippen LogP contribution < -0.4 is 5.56 Å². The summed E-state index contributed by atoms with van der Waals surface area (Å²) in [4.78, 5) is 33.7. The van der Waals surface area contributed by atoms with E-state index >= 15 is 0 Å². The van der Waals surface area contributed by atoms with Crippen LogP contribution in [-0.2, 0) is 6.54 Å². The molecule has 0 radical (unpaired) electrons. The number of aryl methyl sites for hydroxylation is 2. The highest BCUT2D eigenvalue weighted by Crippen LogP contribution is 2.25. The van der Waals surface area contributed by atoms with Gasteiger partial charge in [-0.3, -0.25) is 14.6 Å². The second kappa shape index (κ2) is 8.01. The molecule has 0 aromatic carbocycles. The van der Waals surface area contributed by atoms with E-state index < -0.39 is 0 Å². The first-order valence-electron chi connectivity index (χ1n) is 9.15. The molecule has 0 aliphatic carbocycles. The van der Waals surface area contributed by atoms with Crippen LogP contribution in [0.4, 0.5) is 0 Å². The molecule has 0 spiro atoms. The third kappa shape index (κ3) is 3.78. The predicted octanol–water partition coefficient (Wildman–Crippen LogP) is 4.81. The fourth-order valence-electron chi connectivity index (χ4n) is 3.23. The normalized spacial score (nSPS) is 11.1. The fourth-order valence-corrected chi connectivity index (χ4v) is 3.38. The quantitative estimate of drug-likeness (QED) is 0.452. The lowest BCUT2D eigenvalue weighted by Gasteiger charge is -2.14. The summed E-state index contributed by atoms with van der Waals surface area (Å²) in [5, 5.41) is 1.20. The number of fused-ring (bicyclic) bond motifs is 1. The van der Waals surface area contributed by atoms with E-state index in [4.69, 9.17) is 11.6 Å². The number of Topliss-reactive ketones (excluding diaryl/α,β-unsaturated/α-hetero) is 1. The second-order valence-electron chi connectivity index (χ2n) is 6.64. The van der Waals surface area contributed by atoms with Gasteiger partial charge in [0.15, 0.2) is 5.78 Å². The van der Waals surface area contributed by atoms with Gasteiger partial charge >= 0.3 is 0 Å². The molecule has 3 aromatic heterocycles. The van der Waals surface area contributed by atoms with Crippen LogP contribution in [0.15, 0.2) is 35.4 Å². The third-order valence-electron chi connectivity index (χ3n) is 4.56. The van der Waals surface area contributed by atoms with E-state index in [1.165, 1.54) is 0 Å². The molecule has 5 nitrogen and oxygen atoms in total. The number of nitrogens with zero attached hydrogens (tertiary/aromatic N) is 3. The number of ketones is 1. The molecule has 140 valence electrons. The van der Waals surface area contributed by atoms with Crippen LogP contribution in [0, 0.1) is 6.92 Å². The van der Waals surface area contributed by atoms with Crippen LogP contribution in [0.5, 0.6) is 0 Å². The van der Waals surface area contributed by atoms with Gasteiger partial charge in [0, 0.05) is 41.9 Å². The molecule has 0 saturated heterocycles. The SMILES string of the molecule is CCCC(=O)c1cc(C)c(-c2cc3cnc(Cl)cc3n(CCC)c2=O)cn1. The van der Waals surface area contributed by atoms with Gasteiger partial charge in [-0.15, -0.1) is 0 Å². The molecule has 3 heterocycles. The Kier molecular flexibility index (Phi) is 5.71. The highest BCUT2D eigenvalue weighted by atomic mass is 35.5. The molecular weight excluding hydrogens is 362 g/mol. The van der Waals surface area contributed by atoms with Gasteiger partial charge < -0.3 is 4.57 Å². The highest BCUT2D eigenvalue weighted by Gasteiger charge is 2.15. The van der Waals surface area contributed by atoms with E-state index in [0.29, 0.717) is 29.4 Å². The molecule has 6 heteroatoms. The summed E-state index contributed by atoms with van der Waals surface area (Å²) in [6.07, 6.45) is 5.37. The molecule has 3 rings (SSSR count). The maximum Gasteiger partial charge on any atom is 0.258 e. The minimum atomic E-state index is -0.0934. The van der Waals surface area contributed by atoms with Gasteiger partial charge in [0.25, 0.3) is 5.56 Å². The summed E-state index contributed by atoms with van der Waals surface area (Å²) < 4.78 is 1.73. The third-order valence-corrected chi connectivity index (χ3v) is 4.76. The lowest BCUT2D eigenvalue weighted by Crippen LogP contribution is -2.22. The summed E-state index contributed by atoms with van der Waals surface area (Å²) >= 11 is 6.03. The van der Waals surface area contributed by atoms with Crippen LogP contribution >= 0.6 is 11.6 Å². The van der Waals surface area contributed by atoms with Crippen molar-refractivity contribution in [3.8, 4) is 11.1 Å². The Morgan fingerprint density at radius 2 is 1.85 bits per heavy atom. The molecule has 0 aliphatic heterocycles. The maximum atomic E-state index is 13.2. The lowest BCUT2D eigenvalue weighted by atomic mass is 10.0. The molecule has 27 heavy (non-hydrogen) atoms. The zero-order valence-electron chi connectivity index (χ0n) is 15.8. The Balaban J connectivity index is 2.20. The van der Waals surface area contributed by atoms with Crippen molar-refractivity contribution in [2.75, 3.05) is 0 Å². The number of halogens is 1. The van der Waals surface area contributed by atoms with E-state index in [2.05, 4.69) is 9.97 Å². The number of hydrogen-bond donors (Lipinski definition) is 0. The molecule has 0 bridgehead atoms. The molecule has 0 N–H and O–H groups in total. The number of hydrogen-bond acceptors (Lipinski definition) is 4. The van der Waals surface area contributed by atoms with Gasteiger partial charge in [0.1, 0.15) is 10.8 Å². The van der Waals surface area contributed by atoms with Crippen LogP contribution in [0.25, 0.3) is 22.0 Å². The summed E-state index contributed by atoms with van der Waals surface area (Å²) in [6, 6.07) is 5.31. The van der Waals surface area contributed by atoms with Crippen molar-refractivity contribution in [3.05, 3.63) is 57.4 Å². The topological polar surface area (TPSA) is 64.8 Å². The van der Waals surface area contributed by atoms with Crippen LogP contribution in [-0.4, -0.2) is 20.3 Å². The van der Waals surface area contributed by atoms with Crippen molar-refractivity contribution in [1.82, 2.24) is 14.5 Å². The minimum absolute atomic E-state index is 0.0212. The zero-order valence-corrected chi connectivity index (χ0v) is 16.5. The van der Waals surface area contributed by atoms with Gasteiger partial charge in [0.05, 0.1) is 5.52 Å². The Hall–Kier alpha value is -2.53. The van der Waals surface area contributed by atoms with E-state index in [-0.39, 0.29) is 11.3 Å². The Labute approximate surface area is 163 Å². The standard InChI is InChI=1S/C21H22ClN3O2/c1-4-6-19(26)17-8-13(3)16(12-23-17)15-9-14-11-24-20(22)10-18(14)25(7-5-2)21(15)27/h8-12H,4-7H2,1-3H3. The molecule has 0 fully saturated rings. The summed E-state index contributed by atoms with van der Waals surface area (Å²) in [7, 11) is 0. The highest BCUT2D eigenvalue weighted by molar-refractivity contribution is 6.30. The van der Waals surface area contributed by atoms with Gasteiger partial charge in [-0.25, -0.2) is 4.98 Å². The molecule has 3 aromatic rings. The van der Waals surface area contributed by atoms with Crippen molar-refractivity contribution in [1.29, 1.82) is 0 Å². The second-order valence-corrected chi connectivity index (χ2v) is 7.03. The van der Waals surface area contributed by atoms with E-state index in [0.717, 1.165) is 34.9 Å². The van der Waals surface area contributed by atoms with E-state index in [1.807, 2.05) is 26.8 Å². The molecule has 0 atom stereocenters. The van der Waals surface area contributed by atoms with E-state index in [1.54, 1.807) is 29.1 Å². The first kappa shape index (κ1) is 19.2. The van der Waals surface area contributed by atoms with Crippen molar-refractivity contribution >= 4 is 28.3 Å². The average molecular weight is 384 g/mol. The molecular formula is C21H22ClN3O2. The zero-order chi connectivity index (χ0) is 19.6. The summed E-state index contributed by atoms with van der Waals surface area (Å²) in [5.41, 5.74) is 3.26. The number of carbonyl (C=O) groups is 1. The van der Waals surface area contributed by atoms with Crippen molar-refractivity contribution in [3.63, 3.8) is 0 Å². The van der Waals surface area contributed by atoms with Crippen LogP contribution in [0.2, 0.25) is 5.15 Å². The largest absolute Gasteiger partial charge is 0.308 e. The Bertz CT molecular complexity index is 1070. The van der Waals surface area contributed by atoms with Gasteiger partial charge in [-0.05, 0) is 43.5 Å². The minimum Gasteiger partial charge on any atom is -0.308 e. The molecule has 0 saturated carbocycles. The first-order valence-corrected chi connectivity index (χ1v) is 9.53. The Morgan fingerprint density at radius 3 is 2.52 bits per heavy atom. The van der Waals surface area contributed by atoms with Crippen LogP contribution in [0.3, 0.4) is 0 Å². The number of rotatable bonds is 6. The molecule has 0 unspecified atom stereocenters. The lowest BCUT2D eigenvalue weighted by molar-refractivity contribution is 0.0977. The number of carbonyl (C=O) groups excluding carboxylic acids is 1. The average Bonchev–Trinajstić information content (AvgIpc) is 2.64.